The van der Waals surface area contributed by atoms with Crippen LogP contribution in [0.15, 0.2) is 0 Å². The highest BCUT2D eigenvalue weighted by molar-refractivity contribution is 5.74. The first-order chi connectivity index (χ1) is 10.2. The summed E-state index contributed by atoms with van der Waals surface area (Å²) in [5.74, 6) is -0.521. The van der Waals surface area contributed by atoms with Crippen LogP contribution in [0.5, 0.6) is 0 Å². The van der Waals surface area contributed by atoms with E-state index in [2.05, 4.69) is 6.92 Å². The first-order valence-corrected chi connectivity index (χ1v) is 9.45. The van der Waals surface area contributed by atoms with Crippen LogP contribution < -0.4 is 0 Å². The Labute approximate surface area is 131 Å². The summed E-state index contributed by atoms with van der Waals surface area (Å²) in [6.07, 6.45) is 19.1. The molecule has 1 saturated carbocycles. The third-order valence-electron chi connectivity index (χ3n) is 5.27. The number of carboxylic acid groups (broad SMARTS) is 1. The minimum atomic E-state index is -0.521. The van der Waals surface area contributed by atoms with Gasteiger partial charge in [-0.2, -0.15) is 0 Å². The van der Waals surface area contributed by atoms with E-state index < -0.39 is 5.97 Å². The lowest BCUT2D eigenvalue weighted by molar-refractivity contribution is -0.151. The number of unbranched alkanes of at least 4 members (excludes halogenated alkanes) is 7. The molecule has 0 amide bonds. The molecule has 2 heteroatoms. The molecule has 1 fully saturated rings. The number of carboxylic acids is 1. The maximum atomic E-state index is 11.8. The maximum Gasteiger partial charge on any atom is 0.309 e. The van der Waals surface area contributed by atoms with E-state index in [0.29, 0.717) is 0 Å². The molecule has 1 aliphatic carbocycles. The molecule has 0 aromatic carbocycles. The first-order valence-electron chi connectivity index (χ1n) is 9.45. The second-order valence-corrected chi connectivity index (χ2v) is 7.08. The van der Waals surface area contributed by atoms with Gasteiger partial charge in [0.1, 0.15) is 0 Å². The highest BCUT2D eigenvalue weighted by atomic mass is 16.4. The monoisotopic (exact) mass is 296 g/mol. The third kappa shape index (κ3) is 7.33. The fourth-order valence-electron chi connectivity index (χ4n) is 3.75. The molecule has 0 aliphatic heterocycles. The van der Waals surface area contributed by atoms with Crippen molar-refractivity contribution < 1.29 is 9.90 Å². The van der Waals surface area contributed by atoms with Crippen LogP contribution in [0.1, 0.15) is 110 Å². The molecule has 0 bridgehead atoms. The topological polar surface area (TPSA) is 37.3 Å². The molecule has 0 atom stereocenters. The van der Waals surface area contributed by atoms with Gasteiger partial charge in [-0.15, -0.1) is 0 Å². The Kier molecular flexibility index (Phi) is 9.78. The van der Waals surface area contributed by atoms with E-state index >= 15 is 0 Å². The molecule has 0 spiro atoms. The van der Waals surface area contributed by atoms with E-state index in [9.17, 15) is 9.90 Å². The van der Waals surface area contributed by atoms with Gasteiger partial charge in [0, 0.05) is 0 Å². The molecule has 124 valence electrons. The Morgan fingerprint density at radius 1 is 0.810 bits per heavy atom. The smallest absolute Gasteiger partial charge is 0.309 e. The fourth-order valence-corrected chi connectivity index (χ4v) is 3.75. The molecule has 0 unspecified atom stereocenters. The van der Waals surface area contributed by atoms with Crippen molar-refractivity contribution >= 4 is 5.97 Å². The van der Waals surface area contributed by atoms with Gasteiger partial charge in [-0.3, -0.25) is 4.79 Å². The summed E-state index contributed by atoms with van der Waals surface area (Å²) >= 11 is 0. The van der Waals surface area contributed by atoms with Crippen molar-refractivity contribution in [1.29, 1.82) is 0 Å². The van der Waals surface area contributed by atoms with Crippen molar-refractivity contribution in [3.05, 3.63) is 0 Å². The van der Waals surface area contributed by atoms with E-state index in [0.717, 1.165) is 38.5 Å². The second kappa shape index (κ2) is 11.1. The standard InChI is InChI=1S/C19H36O2/c1-2-3-4-5-6-7-9-12-15-19(18(20)21)16-13-10-8-11-14-17-19/h2-17H2,1H3,(H,20,21). The summed E-state index contributed by atoms with van der Waals surface area (Å²) < 4.78 is 0. The molecule has 1 aliphatic rings. The number of hydrogen-bond donors (Lipinski definition) is 1. The largest absolute Gasteiger partial charge is 0.481 e. The predicted molar refractivity (Wildman–Crippen MR) is 89.6 cm³/mol. The van der Waals surface area contributed by atoms with Crippen molar-refractivity contribution in [2.24, 2.45) is 5.41 Å². The molecule has 0 saturated heterocycles. The van der Waals surface area contributed by atoms with Crippen molar-refractivity contribution in [2.45, 2.75) is 110 Å². The normalized spacial score (nSPS) is 18.9. The quantitative estimate of drug-likeness (QED) is 0.478. The van der Waals surface area contributed by atoms with Gasteiger partial charge in [0.15, 0.2) is 0 Å². The molecule has 2 nitrogen and oxygen atoms in total. The molecule has 0 heterocycles. The maximum absolute atomic E-state index is 11.8. The Bertz CT molecular complexity index is 265. The Morgan fingerprint density at radius 2 is 1.29 bits per heavy atom. The van der Waals surface area contributed by atoms with E-state index in [-0.39, 0.29) is 5.41 Å². The van der Waals surface area contributed by atoms with E-state index in [1.807, 2.05) is 0 Å². The van der Waals surface area contributed by atoms with Crippen molar-refractivity contribution in [1.82, 2.24) is 0 Å². The summed E-state index contributed by atoms with van der Waals surface area (Å²) in [5, 5.41) is 9.71. The molecular weight excluding hydrogens is 260 g/mol. The average molecular weight is 296 g/mol. The lowest BCUT2D eigenvalue weighted by Gasteiger charge is -2.31. The van der Waals surface area contributed by atoms with E-state index in [1.54, 1.807) is 0 Å². The molecular formula is C19H36O2. The zero-order chi connectivity index (χ0) is 15.4. The van der Waals surface area contributed by atoms with Crippen LogP contribution in [0.3, 0.4) is 0 Å². The predicted octanol–water partition coefficient (Wildman–Crippen LogP) is 6.33. The lowest BCUT2D eigenvalue weighted by Crippen LogP contribution is -2.31. The van der Waals surface area contributed by atoms with Gasteiger partial charge in [0.25, 0.3) is 0 Å². The molecule has 0 aromatic heterocycles. The van der Waals surface area contributed by atoms with E-state index in [4.69, 9.17) is 0 Å². The average Bonchev–Trinajstić information content (AvgIpc) is 2.43. The molecule has 21 heavy (non-hydrogen) atoms. The highest BCUT2D eigenvalue weighted by Gasteiger charge is 2.37. The number of aliphatic carboxylic acids is 1. The molecule has 0 radical (unpaired) electrons. The van der Waals surface area contributed by atoms with Gasteiger partial charge in [0.2, 0.25) is 0 Å². The molecule has 0 aromatic rings. The third-order valence-corrected chi connectivity index (χ3v) is 5.27. The summed E-state index contributed by atoms with van der Waals surface area (Å²) in [4.78, 5) is 11.8. The van der Waals surface area contributed by atoms with Crippen LogP contribution >= 0.6 is 0 Å². The van der Waals surface area contributed by atoms with Gasteiger partial charge < -0.3 is 5.11 Å². The Hall–Kier alpha value is -0.530. The summed E-state index contributed by atoms with van der Waals surface area (Å²) in [6, 6.07) is 0. The lowest BCUT2D eigenvalue weighted by atomic mass is 9.73. The number of carbonyl (C=O) groups is 1. The van der Waals surface area contributed by atoms with Gasteiger partial charge in [-0.05, 0) is 19.3 Å². The van der Waals surface area contributed by atoms with Crippen molar-refractivity contribution in [3.8, 4) is 0 Å². The van der Waals surface area contributed by atoms with E-state index in [1.165, 1.54) is 64.2 Å². The van der Waals surface area contributed by atoms with Crippen LogP contribution in [0, 0.1) is 5.41 Å². The SMILES string of the molecule is CCCCCCCCCCC1(C(=O)O)CCCCCCC1. The van der Waals surface area contributed by atoms with Gasteiger partial charge in [-0.1, -0.05) is 90.4 Å². The Morgan fingerprint density at radius 3 is 1.81 bits per heavy atom. The van der Waals surface area contributed by atoms with Gasteiger partial charge >= 0.3 is 5.97 Å². The number of rotatable bonds is 10. The van der Waals surface area contributed by atoms with Crippen molar-refractivity contribution in [2.75, 3.05) is 0 Å². The van der Waals surface area contributed by atoms with Crippen LogP contribution in [0.25, 0.3) is 0 Å². The zero-order valence-electron chi connectivity index (χ0n) is 14.2. The second-order valence-electron chi connectivity index (χ2n) is 7.08. The fraction of sp³-hybridized carbons (Fsp3) is 0.947. The van der Waals surface area contributed by atoms with Gasteiger partial charge in [0.05, 0.1) is 5.41 Å². The zero-order valence-corrected chi connectivity index (χ0v) is 14.2. The Balaban J connectivity index is 2.22. The van der Waals surface area contributed by atoms with Crippen LogP contribution in [0.2, 0.25) is 0 Å². The van der Waals surface area contributed by atoms with Crippen LogP contribution in [-0.4, -0.2) is 11.1 Å². The summed E-state index contributed by atoms with van der Waals surface area (Å²) in [5.41, 5.74) is -0.386. The highest BCUT2D eigenvalue weighted by Crippen LogP contribution is 2.39. The van der Waals surface area contributed by atoms with Crippen LogP contribution in [-0.2, 0) is 4.79 Å². The first kappa shape index (κ1) is 18.5. The summed E-state index contributed by atoms with van der Waals surface area (Å²) in [7, 11) is 0. The van der Waals surface area contributed by atoms with Gasteiger partial charge in [-0.25, -0.2) is 0 Å². The minimum absolute atomic E-state index is 0.386. The molecule has 1 rings (SSSR count). The van der Waals surface area contributed by atoms with Crippen molar-refractivity contribution in [3.63, 3.8) is 0 Å². The van der Waals surface area contributed by atoms with Crippen LogP contribution in [0.4, 0.5) is 0 Å². The molecule has 1 N–H and O–H groups in total. The minimum Gasteiger partial charge on any atom is -0.481 e. The summed E-state index contributed by atoms with van der Waals surface area (Å²) in [6.45, 7) is 2.25. The number of hydrogen-bond acceptors (Lipinski definition) is 1.